The molecule has 1 aliphatic heterocycles. The van der Waals surface area contributed by atoms with Crippen molar-refractivity contribution in [3.05, 3.63) is 11.6 Å². The average Bonchev–Trinajstić information content (AvgIpc) is 2.68. The van der Waals surface area contributed by atoms with E-state index in [1.807, 2.05) is 4.57 Å². The zero-order chi connectivity index (χ0) is 16.8. The van der Waals surface area contributed by atoms with Crippen molar-refractivity contribution in [2.45, 2.75) is 26.1 Å². The van der Waals surface area contributed by atoms with Crippen LogP contribution in [0.3, 0.4) is 0 Å². The van der Waals surface area contributed by atoms with Gasteiger partial charge in [0.2, 0.25) is 5.82 Å². The number of carbonyl (C=O) groups excluding carboxylic acids is 1. The SMILES string of the molecule is CCOC(=O)c1nnc2n1CCNCC2.O=C(O)C(F)(F)F. The zero-order valence-electron chi connectivity index (χ0n) is 11.7. The Balaban J connectivity index is 0.000000295. The maximum absolute atomic E-state index is 11.5. The van der Waals surface area contributed by atoms with Crippen molar-refractivity contribution in [3.8, 4) is 0 Å². The Bertz CT molecular complexity index is 530. The molecule has 22 heavy (non-hydrogen) atoms. The number of alkyl halides is 3. The van der Waals surface area contributed by atoms with Crippen LogP contribution in [0.4, 0.5) is 13.2 Å². The molecule has 0 spiro atoms. The highest BCUT2D eigenvalue weighted by Crippen LogP contribution is 2.13. The molecular weight excluding hydrogens is 309 g/mol. The first kappa shape index (κ1) is 17.9. The standard InChI is InChI=1S/C9H14N4O2.C2HF3O2/c1-2-15-9(14)8-12-11-7-3-4-10-5-6-13(7)8;3-2(4,5)1(6)7/h10H,2-6H2,1H3;(H,6,7). The molecule has 124 valence electrons. The van der Waals surface area contributed by atoms with Crippen molar-refractivity contribution in [1.82, 2.24) is 20.1 Å². The lowest BCUT2D eigenvalue weighted by Gasteiger charge is -2.05. The summed E-state index contributed by atoms with van der Waals surface area (Å²) in [4.78, 5) is 20.4. The summed E-state index contributed by atoms with van der Waals surface area (Å²) in [7, 11) is 0. The maximum Gasteiger partial charge on any atom is 0.490 e. The van der Waals surface area contributed by atoms with Crippen molar-refractivity contribution >= 4 is 11.9 Å². The molecule has 0 bridgehead atoms. The van der Waals surface area contributed by atoms with E-state index >= 15 is 0 Å². The molecule has 8 nitrogen and oxygen atoms in total. The molecule has 0 unspecified atom stereocenters. The molecule has 0 saturated heterocycles. The number of rotatable bonds is 2. The van der Waals surface area contributed by atoms with Gasteiger partial charge in [0.15, 0.2) is 0 Å². The van der Waals surface area contributed by atoms with Crippen LogP contribution in [0.1, 0.15) is 23.4 Å². The van der Waals surface area contributed by atoms with E-state index in [1.54, 1.807) is 6.92 Å². The Morgan fingerprint density at radius 3 is 2.55 bits per heavy atom. The summed E-state index contributed by atoms with van der Waals surface area (Å²) in [6.07, 6.45) is -4.29. The van der Waals surface area contributed by atoms with Gasteiger partial charge in [-0.25, -0.2) is 9.59 Å². The third-order valence-electron chi connectivity index (χ3n) is 2.57. The number of hydrogen-bond donors (Lipinski definition) is 2. The van der Waals surface area contributed by atoms with Crippen molar-refractivity contribution in [2.24, 2.45) is 0 Å². The summed E-state index contributed by atoms with van der Waals surface area (Å²) >= 11 is 0. The molecule has 0 aliphatic carbocycles. The number of fused-ring (bicyclic) bond motifs is 1. The molecule has 0 saturated carbocycles. The fourth-order valence-electron chi connectivity index (χ4n) is 1.62. The number of ether oxygens (including phenoxy) is 1. The van der Waals surface area contributed by atoms with Crippen LogP contribution < -0.4 is 5.32 Å². The highest BCUT2D eigenvalue weighted by molar-refractivity contribution is 5.85. The van der Waals surface area contributed by atoms with Gasteiger partial charge < -0.3 is 19.7 Å². The number of esters is 1. The first-order valence-electron chi connectivity index (χ1n) is 6.37. The molecule has 0 radical (unpaired) electrons. The zero-order valence-corrected chi connectivity index (χ0v) is 11.7. The first-order valence-corrected chi connectivity index (χ1v) is 6.37. The number of nitrogens with zero attached hydrogens (tertiary/aromatic N) is 3. The molecule has 0 atom stereocenters. The number of carboxylic acids is 1. The number of halogens is 3. The van der Waals surface area contributed by atoms with E-state index in [0.29, 0.717) is 12.4 Å². The average molecular weight is 324 g/mol. The van der Waals surface area contributed by atoms with Crippen LogP contribution in [0.5, 0.6) is 0 Å². The van der Waals surface area contributed by atoms with Crippen LogP contribution in [0.15, 0.2) is 0 Å². The van der Waals surface area contributed by atoms with Gasteiger partial charge in [0.1, 0.15) is 5.82 Å². The van der Waals surface area contributed by atoms with E-state index in [9.17, 15) is 18.0 Å². The summed E-state index contributed by atoms with van der Waals surface area (Å²) in [5.74, 6) is -1.98. The van der Waals surface area contributed by atoms with Crippen LogP contribution in [0, 0.1) is 0 Å². The Hall–Kier alpha value is -2.17. The summed E-state index contributed by atoms with van der Waals surface area (Å²) in [5, 5.41) is 18.2. The van der Waals surface area contributed by atoms with Gasteiger partial charge in [0.25, 0.3) is 0 Å². The van der Waals surface area contributed by atoms with Crippen LogP contribution in [-0.4, -0.2) is 57.7 Å². The van der Waals surface area contributed by atoms with Crippen LogP contribution >= 0.6 is 0 Å². The van der Waals surface area contributed by atoms with Gasteiger partial charge in [-0.15, -0.1) is 10.2 Å². The maximum atomic E-state index is 11.5. The number of aromatic nitrogens is 3. The largest absolute Gasteiger partial charge is 0.490 e. The predicted molar refractivity (Wildman–Crippen MR) is 66.2 cm³/mol. The summed E-state index contributed by atoms with van der Waals surface area (Å²) < 4.78 is 38.5. The minimum Gasteiger partial charge on any atom is -0.475 e. The van der Waals surface area contributed by atoms with E-state index in [-0.39, 0.29) is 0 Å². The lowest BCUT2D eigenvalue weighted by Crippen LogP contribution is -2.21. The van der Waals surface area contributed by atoms with Gasteiger partial charge in [-0.05, 0) is 6.92 Å². The van der Waals surface area contributed by atoms with Crippen LogP contribution in [-0.2, 0) is 22.5 Å². The normalized spacial score (nSPS) is 14.2. The number of carboxylic acid groups (broad SMARTS) is 1. The number of nitrogens with one attached hydrogen (secondary N) is 1. The van der Waals surface area contributed by atoms with Gasteiger partial charge >= 0.3 is 18.1 Å². The van der Waals surface area contributed by atoms with Crippen molar-refractivity contribution in [2.75, 3.05) is 19.7 Å². The lowest BCUT2D eigenvalue weighted by molar-refractivity contribution is -0.192. The molecule has 11 heteroatoms. The minimum atomic E-state index is -5.08. The lowest BCUT2D eigenvalue weighted by atomic mass is 10.4. The fraction of sp³-hybridized carbons (Fsp3) is 0.636. The second-order valence-electron chi connectivity index (χ2n) is 4.11. The Kier molecular flexibility index (Phi) is 6.28. The number of aliphatic carboxylic acids is 1. The fourth-order valence-corrected chi connectivity index (χ4v) is 1.62. The molecule has 1 aromatic rings. The molecule has 0 aromatic carbocycles. The van der Waals surface area contributed by atoms with Gasteiger partial charge in [0, 0.05) is 26.1 Å². The molecule has 0 amide bonds. The molecule has 2 heterocycles. The van der Waals surface area contributed by atoms with Gasteiger partial charge in [0.05, 0.1) is 6.61 Å². The molecule has 0 fully saturated rings. The Labute approximate surface area is 123 Å². The highest BCUT2D eigenvalue weighted by Gasteiger charge is 2.38. The third kappa shape index (κ3) is 4.98. The molecule has 2 N–H and O–H groups in total. The second-order valence-corrected chi connectivity index (χ2v) is 4.11. The van der Waals surface area contributed by atoms with E-state index in [4.69, 9.17) is 14.6 Å². The van der Waals surface area contributed by atoms with Crippen LogP contribution in [0.25, 0.3) is 0 Å². The quantitative estimate of drug-likeness (QED) is 0.750. The topological polar surface area (TPSA) is 106 Å². The number of hydrogen-bond acceptors (Lipinski definition) is 6. The Morgan fingerprint density at radius 1 is 1.36 bits per heavy atom. The Morgan fingerprint density at radius 2 is 2.00 bits per heavy atom. The van der Waals surface area contributed by atoms with Gasteiger partial charge in [-0.1, -0.05) is 0 Å². The van der Waals surface area contributed by atoms with E-state index in [1.165, 1.54) is 0 Å². The van der Waals surface area contributed by atoms with E-state index in [0.717, 1.165) is 31.9 Å². The van der Waals surface area contributed by atoms with Crippen molar-refractivity contribution < 1.29 is 32.6 Å². The van der Waals surface area contributed by atoms with Crippen molar-refractivity contribution in [3.63, 3.8) is 0 Å². The monoisotopic (exact) mass is 324 g/mol. The molecule has 1 aromatic heterocycles. The van der Waals surface area contributed by atoms with Gasteiger partial charge in [-0.2, -0.15) is 13.2 Å². The van der Waals surface area contributed by atoms with E-state index < -0.39 is 18.1 Å². The van der Waals surface area contributed by atoms with Gasteiger partial charge in [-0.3, -0.25) is 0 Å². The highest BCUT2D eigenvalue weighted by atomic mass is 19.4. The summed E-state index contributed by atoms with van der Waals surface area (Å²) in [5.41, 5.74) is 0. The van der Waals surface area contributed by atoms with Crippen molar-refractivity contribution in [1.29, 1.82) is 0 Å². The number of carbonyl (C=O) groups is 2. The third-order valence-corrected chi connectivity index (χ3v) is 2.57. The molecule has 2 rings (SSSR count). The second kappa shape index (κ2) is 7.73. The summed E-state index contributed by atoms with van der Waals surface area (Å²) in [6, 6.07) is 0. The minimum absolute atomic E-state index is 0.315. The molecular formula is C11H15F3N4O4. The summed E-state index contributed by atoms with van der Waals surface area (Å²) in [6.45, 7) is 4.56. The first-order chi connectivity index (χ1) is 10.3. The molecule has 1 aliphatic rings. The predicted octanol–water partition coefficient (Wildman–Crippen LogP) is 0.234. The smallest absolute Gasteiger partial charge is 0.475 e. The van der Waals surface area contributed by atoms with E-state index in [2.05, 4.69) is 15.5 Å². The van der Waals surface area contributed by atoms with Crippen LogP contribution in [0.2, 0.25) is 0 Å².